The molecule has 0 radical (unpaired) electrons. The predicted octanol–water partition coefficient (Wildman–Crippen LogP) is 1.88. The first-order valence-corrected chi connectivity index (χ1v) is 6.69. The third kappa shape index (κ3) is 3.69. The first-order chi connectivity index (χ1) is 9.16. The van der Waals surface area contributed by atoms with Crippen LogP contribution >= 0.6 is 11.3 Å². The summed E-state index contributed by atoms with van der Waals surface area (Å²) >= 11 is 1.26. The highest BCUT2D eigenvalue weighted by Gasteiger charge is 2.14. The standard InChI is InChI=1S/C13H15N3O2S/c1-16(12(17)11-9-19-13(14)15-11)7-8-18-10-5-3-2-4-6-10/h2-6,9H,7-8H2,1H3,(H2,14,15). The van der Waals surface area contributed by atoms with Gasteiger partial charge in [0.25, 0.3) is 5.91 Å². The number of hydrogen-bond donors (Lipinski definition) is 1. The van der Waals surface area contributed by atoms with E-state index in [-0.39, 0.29) is 5.91 Å². The first-order valence-electron chi connectivity index (χ1n) is 5.81. The Balaban J connectivity index is 1.81. The zero-order valence-electron chi connectivity index (χ0n) is 10.6. The van der Waals surface area contributed by atoms with E-state index in [4.69, 9.17) is 10.5 Å². The molecule has 2 rings (SSSR count). The first kappa shape index (κ1) is 13.4. The van der Waals surface area contributed by atoms with Crippen LogP contribution in [0.25, 0.3) is 0 Å². The molecule has 6 heteroatoms. The van der Waals surface area contributed by atoms with E-state index in [2.05, 4.69) is 4.98 Å². The van der Waals surface area contributed by atoms with Crippen LogP contribution in [0, 0.1) is 0 Å². The van der Waals surface area contributed by atoms with Gasteiger partial charge in [-0.2, -0.15) is 0 Å². The van der Waals surface area contributed by atoms with E-state index in [0.717, 1.165) is 5.75 Å². The van der Waals surface area contributed by atoms with Crippen LogP contribution < -0.4 is 10.5 Å². The van der Waals surface area contributed by atoms with Crippen LogP contribution in [0.3, 0.4) is 0 Å². The van der Waals surface area contributed by atoms with E-state index in [1.54, 1.807) is 17.3 Å². The number of carbonyl (C=O) groups excluding carboxylic acids is 1. The Bertz CT molecular complexity index is 542. The molecule has 100 valence electrons. The molecule has 1 amide bonds. The lowest BCUT2D eigenvalue weighted by Gasteiger charge is -2.16. The number of anilines is 1. The molecular weight excluding hydrogens is 262 g/mol. The lowest BCUT2D eigenvalue weighted by molar-refractivity contribution is 0.0769. The molecule has 19 heavy (non-hydrogen) atoms. The van der Waals surface area contributed by atoms with Crippen molar-refractivity contribution in [1.29, 1.82) is 0 Å². The molecule has 0 spiro atoms. The second kappa shape index (κ2) is 6.19. The van der Waals surface area contributed by atoms with Gasteiger partial charge in [-0.25, -0.2) is 4.98 Å². The van der Waals surface area contributed by atoms with Crippen molar-refractivity contribution in [3.05, 3.63) is 41.4 Å². The topological polar surface area (TPSA) is 68.5 Å². The lowest BCUT2D eigenvalue weighted by atomic mass is 10.3. The Morgan fingerprint density at radius 1 is 1.42 bits per heavy atom. The van der Waals surface area contributed by atoms with E-state index in [1.165, 1.54) is 11.3 Å². The van der Waals surface area contributed by atoms with Gasteiger partial charge < -0.3 is 15.4 Å². The molecule has 0 atom stereocenters. The number of hydrogen-bond acceptors (Lipinski definition) is 5. The average Bonchev–Trinajstić information content (AvgIpc) is 2.85. The monoisotopic (exact) mass is 277 g/mol. The summed E-state index contributed by atoms with van der Waals surface area (Å²) in [5.41, 5.74) is 5.88. The summed E-state index contributed by atoms with van der Waals surface area (Å²) in [5.74, 6) is 0.644. The number of likely N-dealkylation sites (N-methyl/N-ethyl adjacent to an activating group) is 1. The number of rotatable bonds is 5. The fraction of sp³-hybridized carbons (Fsp3) is 0.231. The zero-order valence-corrected chi connectivity index (χ0v) is 11.4. The van der Waals surface area contributed by atoms with Crippen molar-refractivity contribution in [3.63, 3.8) is 0 Å². The lowest BCUT2D eigenvalue weighted by Crippen LogP contribution is -2.31. The smallest absolute Gasteiger partial charge is 0.273 e. The number of carbonyl (C=O) groups is 1. The quantitative estimate of drug-likeness (QED) is 0.906. The minimum Gasteiger partial charge on any atom is -0.492 e. The number of aromatic nitrogens is 1. The number of nitrogen functional groups attached to an aromatic ring is 1. The highest BCUT2D eigenvalue weighted by Crippen LogP contribution is 2.13. The van der Waals surface area contributed by atoms with Crippen LogP contribution in [0.1, 0.15) is 10.5 Å². The third-order valence-corrected chi connectivity index (χ3v) is 3.20. The summed E-state index contributed by atoms with van der Waals surface area (Å²) in [5, 5.41) is 2.06. The molecule has 1 aromatic heterocycles. The molecule has 0 aliphatic rings. The summed E-state index contributed by atoms with van der Waals surface area (Å²) in [6.45, 7) is 0.928. The Hall–Kier alpha value is -2.08. The van der Waals surface area contributed by atoms with Crippen LogP contribution in [0.4, 0.5) is 5.13 Å². The fourth-order valence-corrected chi connectivity index (χ4v) is 2.04. The minimum absolute atomic E-state index is 0.149. The fourth-order valence-electron chi connectivity index (χ4n) is 1.50. The molecule has 2 N–H and O–H groups in total. The maximum absolute atomic E-state index is 12.0. The van der Waals surface area contributed by atoms with Gasteiger partial charge in [-0.15, -0.1) is 11.3 Å². The Morgan fingerprint density at radius 2 is 2.16 bits per heavy atom. The van der Waals surface area contributed by atoms with Gasteiger partial charge in [0.05, 0.1) is 6.54 Å². The molecule has 0 saturated carbocycles. The van der Waals surface area contributed by atoms with Crippen LogP contribution in [0.2, 0.25) is 0 Å². The van der Waals surface area contributed by atoms with Crippen LogP contribution in [0.15, 0.2) is 35.7 Å². The molecule has 0 unspecified atom stereocenters. The molecule has 5 nitrogen and oxygen atoms in total. The van der Waals surface area contributed by atoms with Gasteiger partial charge >= 0.3 is 0 Å². The van der Waals surface area contributed by atoms with Crippen molar-refractivity contribution < 1.29 is 9.53 Å². The molecule has 0 aliphatic carbocycles. The summed E-state index contributed by atoms with van der Waals surface area (Å²) in [4.78, 5) is 17.5. The molecule has 1 heterocycles. The van der Waals surface area contributed by atoms with Crippen molar-refractivity contribution in [2.24, 2.45) is 0 Å². The van der Waals surface area contributed by atoms with Crippen LogP contribution in [0.5, 0.6) is 5.75 Å². The molecule has 2 aromatic rings. The van der Waals surface area contributed by atoms with E-state index < -0.39 is 0 Å². The maximum atomic E-state index is 12.0. The molecule has 1 aromatic carbocycles. The highest BCUT2D eigenvalue weighted by molar-refractivity contribution is 7.13. The van der Waals surface area contributed by atoms with Crippen molar-refractivity contribution in [2.75, 3.05) is 25.9 Å². The largest absolute Gasteiger partial charge is 0.492 e. The number of benzene rings is 1. The van der Waals surface area contributed by atoms with E-state index >= 15 is 0 Å². The normalized spacial score (nSPS) is 10.2. The Morgan fingerprint density at radius 3 is 2.79 bits per heavy atom. The second-order valence-corrected chi connectivity index (χ2v) is 4.85. The average molecular weight is 277 g/mol. The van der Waals surface area contributed by atoms with Crippen molar-refractivity contribution in [2.45, 2.75) is 0 Å². The van der Waals surface area contributed by atoms with Crippen molar-refractivity contribution in [1.82, 2.24) is 9.88 Å². The number of ether oxygens (including phenoxy) is 1. The Labute approximate surface area is 115 Å². The van der Waals surface area contributed by atoms with Gasteiger partial charge in [0, 0.05) is 12.4 Å². The van der Waals surface area contributed by atoms with E-state index in [1.807, 2.05) is 30.3 Å². The van der Waals surface area contributed by atoms with Gasteiger partial charge in [-0.1, -0.05) is 18.2 Å². The molecule has 0 saturated heterocycles. The Kier molecular flexibility index (Phi) is 4.35. The number of nitrogens with zero attached hydrogens (tertiary/aromatic N) is 2. The molecule has 0 fully saturated rings. The predicted molar refractivity (Wildman–Crippen MR) is 75.4 cm³/mol. The van der Waals surface area contributed by atoms with Gasteiger partial charge in [0.1, 0.15) is 18.1 Å². The van der Waals surface area contributed by atoms with Gasteiger partial charge in [0.2, 0.25) is 0 Å². The summed E-state index contributed by atoms with van der Waals surface area (Å²) in [6, 6.07) is 9.49. The van der Waals surface area contributed by atoms with E-state index in [0.29, 0.717) is 24.0 Å². The minimum atomic E-state index is -0.149. The van der Waals surface area contributed by atoms with Crippen LogP contribution in [-0.2, 0) is 0 Å². The van der Waals surface area contributed by atoms with Gasteiger partial charge in [0.15, 0.2) is 5.13 Å². The molecular formula is C13H15N3O2S. The highest BCUT2D eigenvalue weighted by atomic mass is 32.1. The third-order valence-electron chi connectivity index (χ3n) is 2.53. The SMILES string of the molecule is CN(CCOc1ccccc1)C(=O)c1csc(N)n1. The number of amides is 1. The van der Waals surface area contributed by atoms with Crippen molar-refractivity contribution >= 4 is 22.4 Å². The summed E-state index contributed by atoms with van der Waals surface area (Å²) < 4.78 is 5.53. The molecule has 0 bridgehead atoms. The second-order valence-electron chi connectivity index (χ2n) is 3.96. The van der Waals surface area contributed by atoms with Gasteiger partial charge in [-0.3, -0.25) is 4.79 Å². The summed E-state index contributed by atoms with van der Waals surface area (Å²) in [6.07, 6.45) is 0. The maximum Gasteiger partial charge on any atom is 0.273 e. The number of para-hydroxylation sites is 1. The summed E-state index contributed by atoms with van der Waals surface area (Å²) in [7, 11) is 1.71. The van der Waals surface area contributed by atoms with Crippen molar-refractivity contribution in [3.8, 4) is 5.75 Å². The van der Waals surface area contributed by atoms with Gasteiger partial charge in [-0.05, 0) is 12.1 Å². The van der Waals surface area contributed by atoms with E-state index in [9.17, 15) is 4.79 Å². The van der Waals surface area contributed by atoms with Crippen LogP contribution in [-0.4, -0.2) is 36.0 Å². The number of nitrogens with two attached hydrogens (primary N) is 1. The zero-order chi connectivity index (χ0) is 13.7. The number of thiazole rings is 1. The molecule has 0 aliphatic heterocycles.